The third-order valence-electron chi connectivity index (χ3n) is 4.61. The van der Waals surface area contributed by atoms with E-state index < -0.39 is 0 Å². The van der Waals surface area contributed by atoms with E-state index in [0.29, 0.717) is 5.11 Å². The Hall–Kier alpha value is -1.85. The molecule has 5 heteroatoms. The predicted molar refractivity (Wildman–Crippen MR) is 104 cm³/mol. The van der Waals surface area contributed by atoms with Gasteiger partial charge >= 0.3 is 0 Å². The van der Waals surface area contributed by atoms with Crippen molar-refractivity contribution in [3.8, 4) is 5.75 Å². The molecular formula is C19H17BrN2OS. The van der Waals surface area contributed by atoms with E-state index >= 15 is 0 Å². The molecule has 0 amide bonds. The highest BCUT2D eigenvalue weighted by atomic mass is 79.9. The third kappa shape index (κ3) is 2.72. The van der Waals surface area contributed by atoms with Crippen LogP contribution in [0.25, 0.3) is 5.70 Å². The second-order valence-electron chi connectivity index (χ2n) is 6.01. The van der Waals surface area contributed by atoms with Gasteiger partial charge in [-0.25, -0.2) is 0 Å². The van der Waals surface area contributed by atoms with E-state index in [0.717, 1.165) is 28.8 Å². The fourth-order valence-corrected chi connectivity index (χ4v) is 4.13. The minimum absolute atomic E-state index is 0.113. The van der Waals surface area contributed by atoms with E-state index in [1.165, 1.54) is 22.3 Å². The lowest BCUT2D eigenvalue weighted by atomic mass is 9.83. The van der Waals surface area contributed by atoms with Crippen molar-refractivity contribution in [2.45, 2.75) is 18.9 Å². The summed E-state index contributed by atoms with van der Waals surface area (Å²) in [4.78, 5) is 0. The minimum Gasteiger partial charge on any atom is -0.497 e. The lowest BCUT2D eigenvalue weighted by Crippen LogP contribution is -2.44. The molecule has 0 saturated heterocycles. The van der Waals surface area contributed by atoms with Crippen molar-refractivity contribution in [2.24, 2.45) is 0 Å². The first-order chi connectivity index (χ1) is 11.7. The van der Waals surface area contributed by atoms with Crippen LogP contribution in [-0.4, -0.2) is 12.2 Å². The van der Waals surface area contributed by atoms with E-state index in [9.17, 15) is 0 Å². The molecule has 2 aromatic carbocycles. The molecule has 0 unspecified atom stereocenters. The molecule has 0 aromatic heterocycles. The number of benzene rings is 2. The molecule has 0 fully saturated rings. The highest BCUT2D eigenvalue weighted by Crippen LogP contribution is 2.40. The molecule has 1 aliphatic carbocycles. The number of fused-ring (bicyclic) bond motifs is 2. The van der Waals surface area contributed by atoms with Crippen molar-refractivity contribution in [1.82, 2.24) is 10.6 Å². The van der Waals surface area contributed by atoms with E-state index in [2.05, 4.69) is 56.9 Å². The van der Waals surface area contributed by atoms with E-state index in [1.807, 2.05) is 12.1 Å². The minimum atomic E-state index is 0.113. The van der Waals surface area contributed by atoms with Crippen LogP contribution in [0.2, 0.25) is 0 Å². The maximum Gasteiger partial charge on any atom is 0.171 e. The Bertz CT molecular complexity index is 862. The van der Waals surface area contributed by atoms with Crippen LogP contribution >= 0.6 is 28.1 Å². The third-order valence-corrected chi connectivity index (χ3v) is 5.32. The number of halogens is 1. The Kier molecular flexibility index (Phi) is 4.06. The van der Waals surface area contributed by atoms with Crippen molar-refractivity contribution >= 4 is 39.0 Å². The van der Waals surface area contributed by atoms with Crippen LogP contribution in [0.3, 0.4) is 0 Å². The van der Waals surface area contributed by atoms with Gasteiger partial charge in [-0.2, -0.15) is 0 Å². The van der Waals surface area contributed by atoms with Gasteiger partial charge in [-0.05, 0) is 72.1 Å². The van der Waals surface area contributed by atoms with Crippen molar-refractivity contribution in [3.05, 3.63) is 69.2 Å². The lowest BCUT2D eigenvalue weighted by Gasteiger charge is -2.36. The van der Waals surface area contributed by atoms with Gasteiger partial charge < -0.3 is 15.4 Å². The van der Waals surface area contributed by atoms with Crippen LogP contribution in [0.1, 0.15) is 29.2 Å². The molecule has 4 rings (SSSR count). The quantitative estimate of drug-likeness (QED) is 0.734. The number of methoxy groups -OCH3 is 1. The second-order valence-corrected chi connectivity index (χ2v) is 7.33. The Labute approximate surface area is 155 Å². The van der Waals surface area contributed by atoms with Crippen LogP contribution in [0.4, 0.5) is 0 Å². The normalized spacial score (nSPS) is 19.1. The maximum absolute atomic E-state index is 5.47. The van der Waals surface area contributed by atoms with Gasteiger partial charge in [0.1, 0.15) is 5.75 Å². The van der Waals surface area contributed by atoms with Crippen LogP contribution < -0.4 is 15.4 Å². The first-order valence-corrected chi connectivity index (χ1v) is 9.09. The van der Waals surface area contributed by atoms with Gasteiger partial charge in [0, 0.05) is 15.7 Å². The zero-order valence-corrected chi connectivity index (χ0v) is 15.6. The fraction of sp³-hybridized carbons (Fsp3) is 0.211. The summed E-state index contributed by atoms with van der Waals surface area (Å²) in [6.07, 6.45) is 2.00. The van der Waals surface area contributed by atoms with Gasteiger partial charge in [-0.3, -0.25) is 0 Å². The Balaban J connectivity index is 1.83. The van der Waals surface area contributed by atoms with E-state index in [4.69, 9.17) is 17.0 Å². The Morgan fingerprint density at radius 1 is 1.17 bits per heavy atom. The molecule has 3 nitrogen and oxygen atoms in total. The number of thiocarbonyl (C=S) groups is 1. The molecule has 1 aliphatic heterocycles. The van der Waals surface area contributed by atoms with Gasteiger partial charge in [0.2, 0.25) is 0 Å². The second kappa shape index (κ2) is 6.22. The molecule has 0 bridgehead atoms. The molecule has 24 heavy (non-hydrogen) atoms. The number of rotatable bonds is 2. The lowest BCUT2D eigenvalue weighted by molar-refractivity contribution is 0.414. The van der Waals surface area contributed by atoms with Crippen LogP contribution in [-0.2, 0) is 6.42 Å². The maximum atomic E-state index is 5.47. The molecule has 2 aliphatic rings. The van der Waals surface area contributed by atoms with E-state index in [1.54, 1.807) is 7.11 Å². The zero-order chi connectivity index (χ0) is 16.7. The molecule has 122 valence electrons. The number of nitrogens with one attached hydrogen (secondary N) is 2. The fourth-order valence-electron chi connectivity index (χ4n) is 3.49. The summed E-state index contributed by atoms with van der Waals surface area (Å²) in [5.74, 6) is 0.901. The Morgan fingerprint density at radius 3 is 2.83 bits per heavy atom. The number of aryl methyl sites for hydroxylation is 1. The summed E-state index contributed by atoms with van der Waals surface area (Å²) >= 11 is 9.04. The van der Waals surface area contributed by atoms with Crippen molar-refractivity contribution in [2.75, 3.05) is 7.11 Å². The average Bonchev–Trinajstić information content (AvgIpc) is 2.60. The van der Waals surface area contributed by atoms with Crippen molar-refractivity contribution in [3.63, 3.8) is 0 Å². The zero-order valence-electron chi connectivity index (χ0n) is 13.2. The van der Waals surface area contributed by atoms with Gasteiger partial charge in [-0.1, -0.05) is 28.1 Å². The van der Waals surface area contributed by atoms with Crippen molar-refractivity contribution < 1.29 is 4.74 Å². The highest BCUT2D eigenvalue weighted by Gasteiger charge is 2.30. The highest BCUT2D eigenvalue weighted by molar-refractivity contribution is 9.10. The summed E-state index contributed by atoms with van der Waals surface area (Å²) in [6.45, 7) is 0. The monoisotopic (exact) mass is 400 g/mol. The van der Waals surface area contributed by atoms with E-state index in [-0.39, 0.29) is 6.04 Å². The van der Waals surface area contributed by atoms with Crippen LogP contribution in [0.5, 0.6) is 5.75 Å². The van der Waals surface area contributed by atoms with Gasteiger partial charge in [0.25, 0.3) is 0 Å². The Morgan fingerprint density at radius 2 is 2.04 bits per heavy atom. The largest absolute Gasteiger partial charge is 0.497 e. The molecule has 2 aromatic rings. The molecule has 0 saturated carbocycles. The smallest absolute Gasteiger partial charge is 0.171 e. The molecule has 2 N–H and O–H groups in total. The van der Waals surface area contributed by atoms with Gasteiger partial charge in [-0.15, -0.1) is 0 Å². The topological polar surface area (TPSA) is 33.3 Å². The summed E-state index contributed by atoms with van der Waals surface area (Å²) in [6, 6.07) is 14.8. The first kappa shape index (κ1) is 15.7. The molecule has 0 radical (unpaired) electrons. The van der Waals surface area contributed by atoms with Crippen LogP contribution in [0, 0.1) is 0 Å². The summed E-state index contributed by atoms with van der Waals surface area (Å²) in [5, 5.41) is 7.47. The summed E-state index contributed by atoms with van der Waals surface area (Å²) < 4.78 is 6.44. The SMILES string of the molecule is COc1ccc2c(c1)CCC1=C2NC(=S)N[C@@H]1c1cccc(Br)c1. The van der Waals surface area contributed by atoms with Gasteiger partial charge in [0.05, 0.1) is 13.2 Å². The molecule has 1 atom stereocenters. The number of hydrogen-bond donors (Lipinski definition) is 2. The molecular weight excluding hydrogens is 384 g/mol. The molecule has 0 spiro atoms. The van der Waals surface area contributed by atoms with Crippen LogP contribution in [0.15, 0.2) is 52.5 Å². The average molecular weight is 401 g/mol. The number of hydrogen-bond acceptors (Lipinski definition) is 2. The summed E-state index contributed by atoms with van der Waals surface area (Å²) in [7, 11) is 1.70. The van der Waals surface area contributed by atoms with Crippen molar-refractivity contribution in [1.29, 1.82) is 0 Å². The molecule has 1 heterocycles. The summed E-state index contributed by atoms with van der Waals surface area (Å²) in [5.41, 5.74) is 6.25. The first-order valence-electron chi connectivity index (χ1n) is 7.89. The predicted octanol–water partition coefficient (Wildman–Crippen LogP) is 4.33. The standard InChI is InChI=1S/C19H17BrN2OS/c1-23-14-6-8-15-11(10-14)5-7-16-17(21-19(24)22-18(15)16)12-3-2-4-13(20)9-12/h2-4,6,8-10,17H,5,7H2,1H3,(H2,21,22,24)/t17-/m1/s1. The number of ether oxygens (including phenoxy) is 1. The van der Waals surface area contributed by atoms with Gasteiger partial charge in [0.15, 0.2) is 5.11 Å².